The molecule has 3 heteroatoms. The number of hydrogen-bond acceptors (Lipinski definition) is 0. The van der Waals surface area contributed by atoms with E-state index < -0.39 is 24.5 Å². The predicted octanol–water partition coefficient (Wildman–Crippen LogP) is 4.68. The number of rotatable bonds is 2. The fraction of sp³-hybridized carbons (Fsp3) is 0.385. The van der Waals surface area contributed by atoms with Crippen LogP contribution in [0.2, 0.25) is 0 Å². The Labute approximate surface area is 109 Å². The third-order valence-corrected chi connectivity index (χ3v) is 2.63. The van der Waals surface area contributed by atoms with Crippen LogP contribution in [0.1, 0.15) is 37.3 Å². The zero-order valence-electron chi connectivity index (χ0n) is 9.58. The second-order valence-electron chi connectivity index (χ2n) is 4.30. The van der Waals surface area contributed by atoms with E-state index in [1.807, 2.05) is 0 Å². The van der Waals surface area contributed by atoms with Crippen LogP contribution in [0, 0.1) is 5.92 Å². The minimum absolute atomic E-state index is 0.663. The topological polar surface area (TPSA) is 0 Å². The van der Waals surface area contributed by atoms with E-state index >= 15 is 0 Å². The van der Waals surface area contributed by atoms with E-state index in [1.54, 1.807) is 0 Å². The molecule has 0 amide bonds. The molecule has 16 heavy (non-hydrogen) atoms. The number of benzene rings is 1. The van der Waals surface area contributed by atoms with Crippen LogP contribution in [-0.2, 0) is 24.5 Å². The van der Waals surface area contributed by atoms with Gasteiger partial charge in [-0.15, -0.1) is 0 Å². The Morgan fingerprint density at radius 2 is 1.88 bits per heavy atom. The van der Waals surface area contributed by atoms with Crippen molar-refractivity contribution in [3.63, 3.8) is 0 Å². The summed E-state index contributed by atoms with van der Waals surface area (Å²) in [5.41, 5.74) is 2.92. The number of allylic oxidation sites excluding steroid dienone is 1. The van der Waals surface area contributed by atoms with Gasteiger partial charge in [-0.2, -0.15) is 0 Å². The molecule has 0 bridgehead atoms. The van der Waals surface area contributed by atoms with Gasteiger partial charge >= 0.3 is 29.7 Å². The van der Waals surface area contributed by atoms with Crippen LogP contribution in [-0.4, -0.2) is 0 Å². The fourth-order valence-electron chi connectivity index (χ4n) is 2.04. The van der Waals surface area contributed by atoms with E-state index in [9.17, 15) is 5.25 Å². The zero-order chi connectivity index (χ0) is 12.0. The summed E-state index contributed by atoms with van der Waals surface area (Å²) >= 11 is -2.77. The van der Waals surface area contributed by atoms with E-state index in [0.29, 0.717) is 5.92 Å². The SMILES string of the molecule is CC(C)CC1C=Cc2ccccc21.[F][Zr][F]. The van der Waals surface area contributed by atoms with Gasteiger partial charge in [0.1, 0.15) is 0 Å². The first-order valence-electron chi connectivity index (χ1n) is 5.42. The van der Waals surface area contributed by atoms with Gasteiger partial charge in [-0.25, -0.2) is 0 Å². The Hall–Kier alpha value is -0.297. The van der Waals surface area contributed by atoms with Gasteiger partial charge in [0.15, 0.2) is 0 Å². The standard InChI is InChI=1S/C13H16.2FH.Zr/c1-10(2)9-12-8-7-11-5-3-4-6-13(11)12;;;/h3-8,10,12H,9H2,1-2H3;2*1H;/q;;;+2/p-2. The monoisotopic (exact) mass is 300 g/mol. The van der Waals surface area contributed by atoms with E-state index in [0.717, 1.165) is 5.92 Å². The summed E-state index contributed by atoms with van der Waals surface area (Å²) in [7, 11) is 0. The van der Waals surface area contributed by atoms with Crippen molar-refractivity contribution in [2.75, 3.05) is 0 Å². The van der Waals surface area contributed by atoms with Gasteiger partial charge in [0.05, 0.1) is 0 Å². The van der Waals surface area contributed by atoms with Crippen LogP contribution in [0.4, 0.5) is 5.25 Å². The van der Waals surface area contributed by atoms with Crippen LogP contribution in [0.15, 0.2) is 30.3 Å². The first kappa shape index (κ1) is 13.8. The molecule has 1 aromatic rings. The van der Waals surface area contributed by atoms with Crippen molar-refractivity contribution in [2.24, 2.45) is 5.92 Å². The number of hydrogen-bond donors (Lipinski definition) is 0. The molecule has 0 saturated heterocycles. The van der Waals surface area contributed by atoms with E-state index in [2.05, 4.69) is 50.3 Å². The Bertz CT molecular complexity index is 348. The third-order valence-electron chi connectivity index (χ3n) is 2.63. The molecule has 1 unspecified atom stereocenters. The van der Waals surface area contributed by atoms with Crippen molar-refractivity contribution < 1.29 is 29.7 Å². The average molecular weight is 301 g/mol. The quantitative estimate of drug-likeness (QED) is 0.744. The second-order valence-corrected chi connectivity index (χ2v) is 4.65. The first-order chi connectivity index (χ1) is 7.69. The van der Waals surface area contributed by atoms with Gasteiger partial charge in [-0.3, -0.25) is 0 Å². The van der Waals surface area contributed by atoms with Crippen molar-refractivity contribution in [1.82, 2.24) is 0 Å². The average Bonchev–Trinajstić information content (AvgIpc) is 2.63. The van der Waals surface area contributed by atoms with Crippen LogP contribution in [0.5, 0.6) is 0 Å². The molecule has 0 heterocycles. The molecule has 0 nitrogen and oxygen atoms in total. The Kier molecular flexibility index (Phi) is 6.12. The maximum atomic E-state index is 9.80. The first-order valence-corrected chi connectivity index (χ1v) is 7.28. The predicted molar refractivity (Wildman–Crippen MR) is 59.9 cm³/mol. The molecule has 0 fully saturated rings. The fourth-order valence-corrected chi connectivity index (χ4v) is 2.04. The molecule has 0 aromatic heterocycles. The summed E-state index contributed by atoms with van der Waals surface area (Å²) in [5, 5.41) is 0. The minimum atomic E-state index is -2.77. The molecule has 1 aliphatic rings. The molecule has 0 radical (unpaired) electrons. The molecule has 0 aliphatic heterocycles. The Morgan fingerprint density at radius 3 is 2.50 bits per heavy atom. The van der Waals surface area contributed by atoms with E-state index in [4.69, 9.17) is 0 Å². The van der Waals surface area contributed by atoms with Gasteiger partial charge in [0.2, 0.25) is 0 Å². The van der Waals surface area contributed by atoms with Crippen LogP contribution in [0.3, 0.4) is 0 Å². The summed E-state index contributed by atoms with van der Waals surface area (Å²) in [6.45, 7) is 4.57. The molecule has 0 spiro atoms. The van der Waals surface area contributed by atoms with Crippen molar-refractivity contribution in [3.05, 3.63) is 41.5 Å². The molecule has 0 saturated carbocycles. The zero-order valence-corrected chi connectivity index (χ0v) is 12.0. The molecular weight excluding hydrogens is 285 g/mol. The maximum absolute atomic E-state index is 9.80. The summed E-state index contributed by atoms with van der Waals surface area (Å²) in [5.74, 6) is 1.44. The molecule has 1 atom stereocenters. The van der Waals surface area contributed by atoms with Crippen LogP contribution >= 0.6 is 0 Å². The molecule has 1 aliphatic carbocycles. The van der Waals surface area contributed by atoms with Crippen molar-refractivity contribution in [1.29, 1.82) is 0 Å². The summed E-state index contributed by atoms with van der Waals surface area (Å²) in [6, 6.07) is 8.70. The van der Waals surface area contributed by atoms with Crippen molar-refractivity contribution >= 4 is 6.08 Å². The van der Waals surface area contributed by atoms with Crippen molar-refractivity contribution in [3.8, 4) is 0 Å². The normalized spacial score (nSPS) is 16.7. The molecule has 0 N–H and O–H groups in total. The van der Waals surface area contributed by atoms with Gasteiger partial charge in [-0.05, 0) is 23.5 Å². The summed E-state index contributed by atoms with van der Waals surface area (Å²) in [4.78, 5) is 0. The van der Waals surface area contributed by atoms with Gasteiger partial charge in [0.25, 0.3) is 0 Å². The molecule has 86 valence electrons. The summed E-state index contributed by atoms with van der Waals surface area (Å²) < 4.78 is 19.6. The molecule has 2 rings (SSSR count). The Morgan fingerprint density at radius 1 is 1.25 bits per heavy atom. The van der Waals surface area contributed by atoms with Gasteiger partial charge in [0, 0.05) is 5.92 Å². The van der Waals surface area contributed by atoms with Crippen LogP contribution in [0.25, 0.3) is 6.08 Å². The third kappa shape index (κ3) is 3.94. The Balaban J connectivity index is 0.000000386. The van der Waals surface area contributed by atoms with Gasteiger partial charge in [-0.1, -0.05) is 50.3 Å². The molecule has 1 aromatic carbocycles. The van der Waals surface area contributed by atoms with Crippen molar-refractivity contribution in [2.45, 2.75) is 26.2 Å². The second kappa shape index (κ2) is 7.11. The summed E-state index contributed by atoms with van der Waals surface area (Å²) in [6.07, 6.45) is 5.86. The van der Waals surface area contributed by atoms with E-state index in [-0.39, 0.29) is 0 Å². The number of halogens is 2. The van der Waals surface area contributed by atoms with Crippen LogP contribution < -0.4 is 0 Å². The van der Waals surface area contributed by atoms with E-state index in [1.165, 1.54) is 17.5 Å². The number of fused-ring (bicyclic) bond motifs is 1. The molecular formula is C13H16F2Zr. The van der Waals surface area contributed by atoms with Gasteiger partial charge < -0.3 is 0 Å².